The topological polar surface area (TPSA) is 71.4 Å². The van der Waals surface area contributed by atoms with Crippen LogP contribution in [0.2, 0.25) is 0 Å². The maximum absolute atomic E-state index is 12.9. The third-order valence-corrected chi connectivity index (χ3v) is 6.79. The van der Waals surface area contributed by atoms with Crippen molar-refractivity contribution >= 4 is 11.8 Å². The molecule has 2 aliphatic rings. The average Bonchev–Trinajstić information content (AvgIpc) is 3.30. The first-order valence-corrected chi connectivity index (χ1v) is 11.4. The summed E-state index contributed by atoms with van der Waals surface area (Å²) in [5.74, 6) is -0.269. The lowest BCUT2D eigenvalue weighted by atomic mass is 9.79. The summed E-state index contributed by atoms with van der Waals surface area (Å²) in [6.07, 6.45) is 9.11. The molecule has 31 heavy (non-hydrogen) atoms. The Morgan fingerprint density at radius 3 is 2.32 bits per heavy atom. The molecule has 1 saturated heterocycles. The molecular weight excluding hydrogens is 390 g/mol. The Morgan fingerprint density at radius 1 is 0.903 bits per heavy atom. The molecule has 164 valence electrons. The maximum Gasteiger partial charge on any atom is 0.252 e. The quantitative estimate of drug-likeness (QED) is 0.779. The van der Waals surface area contributed by atoms with Crippen molar-refractivity contribution in [3.63, 3.8) is 0 Å². The molecule has 1 N–H and O–H groups in total. The zero-order valence-electron chi connectivity index (χ0n) is 18.0. The molecule has 0 unspecified atom stereocenters. The molecule has 4 rings (SSSR count). The zero-order chi connectivity index (χ0) is 21.7. The number of nitrogens with zero attached hydrogens (tertiary/aromatic N) is 2. The molecule has 1 aromatic heterocycles. The van der Waals surface area contributed by atoms with Crippen LogP contribution in [0.15, 0.2) is 53.5 Å². The van der Waals surface area contributed by atoms with Gasteiger partial charge in [-0.25, -0.2) is 0 Å². The Hall–Kier alpha value is -2.89. The monoisotopic (exact) mass is 421 g/mol. The molecular formula is C25H31N3O3. The maximum atomic E-state index is 12.9. The second-order valence-corrected chi connectivity index (χ2v) is 8.86. The van der Waals surface area contributed by atoms with Gasteiger partial charge in [0.2, 0.25) is 5.91 Å². The van der Waals surface area contributed by atoms with E-state index in [1.165, 1.54) is 22.4 Å². The Labute approximate surface area is 183 Å². The fraction of sp³-hybridized carbons (Fsp3) is 0.480. The Kier molecular flexibility index (Phi) is 6.54. The summed E-state index contributed by atoms with van der Waals surface area (Å²) in [6, 6.07) is 13.3. The van der Waals surface area contributed by atoms with E-state index in [4.69, 9.17) is 0 Å². The van der Waals surface area contributed by atoms with E-state index in [1.807, 2.05) is 23.1 Å². The summed E-state index contributed by atoms with van der Waals surface area (Å²) >= 11 is 0. The molecule has 2 amide bonds. The highest BCUT2D eigenvalue weighted by Crippen LogP contribution is 2.40. The SMILES string of the molecule is O=C(NCC1(c2ccccc2)CCCC1)c1ccc(=O)n(CC(=O)N2CCCCC2)c1. The normalized spacial score (nSPS) is 18.0. The van der Waals surface area contributed by atoms with Gasteiger partial charge in [0.25, 0.3) is 11.5 Å². The van der Waals surface area contributed by atoms with E-state index < -0.39 is 0 Å². The number of carbonyl (C=O) groups excluding carboxylic acids is 2. The van der Waals surface area contributed by atoms with Gasteiger partial charge in [-0.05, 0) is 43.7 Å². The fourth-order valence-corrected chi connectivity index (χ4v) is 4.94. The number of aromatic nitrogens is 1. The number of hydrogen-bond donors (Lipinski definition) is 1. The summed E-state index contributed by atoms with van der Waals surface area (Å²) < 4.78 is 1.36. The number of rotatable bonds is 6. The molecule has 2 aromatic rings. The molecule has 1 aromatic carbocycles. The lowest BCUT2D eigenvalue weighted by molar-refractivity contribution is -0.132. The molecule has 2 fully saturated rings. The number of piperidine rings is 1. The molecule has 6 heteroatoms. The largest absolute Gasteiger partial charge is 0.351 e. The van der Waals surface area contributed by atoms with Crippen LogP contribution in [0.4, 0.5) is 0 Å². The van der Waals surface area contributed by atoms with Crippen LogP contribution in [0.5, 0.6) is 0 Å². The Balaban J connectivity index is 1.44. The van der Waals surface area contributed by atoms with Crippen molar-refractivity contribution in [3.05, 3.63) is 70.1 Å². The molecule has 0 atom stereocenters. The number of nitrogens with one attached hydrogen (secondary N) is 1. The zero-order valence-corrected chi connectivity index (χ0v) is 18.0. The fourth-order valence-electron chi connectivity index (χ4n) is 4.94. The molecule has 1 aliphatic carbocycles. The van der Waals surface area contributed by atoms with E-state index >= 15 is 0 Å². The van der Waals surface area contributed by atoms with Crippen molar-refractivity contribution in [1.29, 1.82) is 0 Å². The smallest absolute Gasteiger partial charge is 0.252 e. The van der Waals surface area contributed by atoms with Crippen LogP contribution in [0, 0.1) is 0 Å². The second-order valence-electron chi connectivity index (χ2n) is 8.86. The number of benzene rings is 1. The third kappa shape index (κ3) is 4.89. The number of carbonyl (C=O) groups is 2. The van der Waals surface area contributed by atoms with Crippen LogP contribution < -0.4 is 10.9 Å². The standard InChI is InChI=1S/C25H31N3O3/c29-22-12-11-20(17-28(22)18-23(30)27-15-7-2-8-16-27)24(31)26-19-25(13-5-6-14-25)21-9-3-1-4-10-21/h1,3-4,9-12,17H,2,5-8,13-16,18-19H2,(H,26,31). The van der Waals surface area contributed by atoms with Gasteiger partial charge in [-0.2, -0.15) is 0 Å². The van der Waals surface area contributed by atoms with Gasteiger partial charge >= 0.3 is 0 Å². The first kappa shape index (κ1) is 21.3. The average molecular weight is 422 g/mol. The summed E-state index contributed by atoms with van der Waals surface area (Å²) in [5, 5.41) is 3.09. The molecule has 2 heterocycles. The molecule has 0 spiro atoms. The van der Waals surface area contributed by atoms with Crippen molar-refractivity contribution in [2.75, 3.05) is 19.6 Å². The first-order chi connectivity index (χ1) is 15.1. The van der Waals surface area contributed by atoms with Gasteiger partial charge in [0, 0.05) is 37.3 Å². The molecule has 1 saturated carbocycles. The minimum atomic E-state index is -0.265. The van der Waals surface area contributed by atoms with Crippen molar-refractivity contribution in [2.45, 2.75) is 56.9 Å². The van der Waals surface area contributed by atoms with Crippen molar-refractivity contribution in [3.8, 4) is 0 Å². The van der Waals surface area contributed by atoms with Crippen LogP contribution in [-0.4, -0.2) is 40.9 Å². The molecule has 1 aliphatic heterocycles. The van der Waals surface area contributed by atoms with Crippen molar-refractivity contribution in [2.24, 2.45) is 0 Å². The highest BCUT2D eigenvalue weighted by Gasteiger charge is 2.35. The lowest BCUT2D eigenvalue weighted by Gasteiger charge is -2.30. The van der Waals surface area contributed by atoms with E-state index in [0.717, 1.165) is 58.0 Å². The van der Waals surface area contributed by atoms with Gasteiger partial charge in [0.1, 0.15) is 6.54 Å². The van der Waals surface area contributed by atoms with Gasteiger partial charge < -0.3 is 14.8 Å². The molecule has 0 bridgehead atoms. The summed E-state index contributed by atoms with van der Waals surface area (Å²) in [6.45, 7) is 2.04. The van der Waals surface area contributed by atoms with E-state index in [2.05, 4.69) is 17.4 Å². The summed E-state index contributed by atoms with van der Waals surface area (Å²) in [7, 11) is 0. The third-order valence-electron chi connectivity index (χ3n) is 6.79. The van der Waals surface area contributed by atoms with Gasteiger partial charge in [-0.15, -0.1) is 0 Å². The van der Waals surface area contributed by atoms with E-state index in [0.29, 0.717) is 12.1 Å². The van der Waals surface area contributed by atoms with E-state index in [-0.39, 0.29) is 29.3 Å². The number of likely N-dealkylation sites (tertiary alicyclic amines) is 1. The predicted octanol–water partition coefficient (Wildman–Crippen LogP) is 3.10. The number of amides is 2. The van der Waals surface area contributed by atoms with Crippen LogP contribution in [0.3, 0.4) is 0 Å². The first-order valence-electron chi connectivity index (χ1n) is 11.4. The minimum Gasteiger partial charge on any atom is -0.351 e. The van der Waals surface area contributed by atoms with Crippen LogP contribution in [-0.2, 0) is 16.8 Å². The van der Waals surface area contributed by atoms with Gasteiger partial charge in [-0.1, -0.05) is 43.2 Å². The van der Waals surface area contributed by atoms with Crippen molar-refractivity contribution < 1.29 is 9.59 Å². The molecule has 0 radical (unpaired) electrons. The number of pyridine rings is 1. The van der Waals surface area contributed by atoms with Crippen molar-refractivity contribution in [1.82, 2.24) is 14.8 Å². The van der Waals surface area contributed by atoms with E-state index in [9.17, 15) is 14.4 Å². The van der Waals surface area contributed by atoms with Crippen LogP contribution >= 0.6 is 0 Å². The van der Waals surface area contributed by atoms with Gasteiger partial charge in [-0.3, -0.25) is 14.4 Å². The highest BCUT2D eigenvalue weighted by atomic mass is 16.2. The predicted molar refractivity (Wildman–Crippen MR) is 120 cm³/mol. The Bertz CT molecular complexity index is 971. The molecule has 6 nitrogen and oxygen atoms in total. The van der Waals surface area contributed by atoms with E-state index in [1.54, 1.807) is 6.07 Å². The minimum absolute atomic E-state index is 0.0199. The highest BCUT2D eigenvalue weighted by molar-refractivity contribution is 5.94. The number of hydrogen-bond acceptors (Lipinski definition) is 3. The van der Waals surface area contributed by atoms with Gasteiger partial charge in [0.15, 0.2) is 0 Å². The second kappa shape index (κ2) is 9.50. The summed E-state index contributed by atoms with van der Waals surface area (Å²) in [4.78, 5) is 39.6. The van der Waals surface area contributed by atoms with Crippen LogP contribution in [0.1, 0.15) is 60.9 Å². The Morgan fingerprint density at radius 2 is 1.61 bits per heavy atom. The summed E-state index contributed by atoms with van der Waals surface area (Å²) in [5.41, 5.74) is 1.38. The van der Waals surface area contributed by atoms with Crippen LogP contribution in [0.25, 0.3) is 0 Å². The lowest BCUT2D eigenvalue weighted by Crippen LogP contribution is -2.40. The van der Waals surface area contributed by atoms with Gasteiger partial charge in [0.05, 0.1) is 5.56 Å².